The minimum absolute atomic E-state index is 0.205. The molecule has 126 valence electrons. The van der Waals surface area contributed by atoms with Gasteiger partial charge in [0.25, 0.3) is 0 Å². The van der Waals surface area contributed by atoms with E-state index in [1.54, 1.807) is 0 Å². The molecule has 0 saturated carbocycles. The molecule has 0 aliphatic rings. The van der Waals surface area contributed by atoms with E-state index in [9.17, 15) is 9.90 Å². The highest BCUT2D eigenvalue weighted by Gasteiger charge is 2.12. The number of hydrogen-bond acceptors (Lipinski definition) is 3. The molecule has 24 heavy (non-hydrogen) atoms. The molecule has 1 N–H and O–H groups in total. The lowest BCUT2D eigenvalue weighted by atomic mass is 10.0. The molecule has 2 aromatic carbocycles. The Morgan fingerprint density at radius 2 is 1.83 bits per heavy atom. The van der Waals surface area contributed by atoms with E-state index in [0.29, 0.717) is 6.61 Å². The highest BCUT2D eigenvalue weighted by Crippen LogP contribution is 2.22. The van der Waals surface area contributed by atoms with Crippen molar-refractivity contribution in [2.45, 2.75) is 26.9 Å². The molecule has 0 aliphatic carbocycles. The topological polar surface area (TPSA) is 55.8 Å². The Balaban J connectivity index is 2.18. The van der Waals surface area contributed by atoms with E-state index < -0.39 is 5.97 Å². The van der Waals surface area contributed by atoms with Gasteiger partial charge >= 0.3 is 5.97 Å². The molecule has 2 rings (SSSR count). The summed E-state index contributed by atoms with van der Waals surface area (Å²) < 4.78 is 10.8. The van der Waals surface area contributed by atoms with Crippen LogP contribution in [0.15, 0.2) is 54.3 Å². The van der Waals surface area contributed by atoms with Crippen LogP contribution < -0.4 is 4.74 Å². The van der Waals surface area contributed by atoms with Gasteiger partial charge in [0.2, 0.25) is 0 Å². The molecule has 2 aromatic rings. The third kappa shape index (κ3) is 4.62. The van der Waals surface area contributed by atoms with Gasteiger partial charge in [0, 0.05) is 6.42 Å². The first-order valence-electron chi connectivity index (χ1n) is 7.73. The Morgan fingerprint density at radius 1 is 1.12 bits per heavy atom. The van der Waals surface area contributed by atoms with Crippen molar-refractivity contribution < 1.29 is 19.4 Å². The zero-order valence-corrected chi connectivity index (χ0v) is 14.2. The lowest BCUT2D eigenvalue weighted by Crippen LogP contribution is -2.08. The Hall–Kier alpha value is -2.75. The Kier molecular flexibility index (Phi) is 6.01. The lowest BCUT2D eigenvalue weighted by Gasteiger charge is -2.13. The molecule has 0 atom stereocenters. The number of hydrogen-bond donors (Lipinski definition) is 1. The maximum Gasteiger partial charge on any atom is 0.335 e. The van der Waals surface area contributed by atoms with Crippen LogP contribution in [-0.4, -0.2) is 18.2 Å². The summed E-state index contributed by atoms with van der Waals surface area (Å²) in [4.78, 5) is 11.3. The first kappa shape index (κ1) is 17.6. The second kappa shape index (κ2) is 8.20. The van der Waals surface area contributed by atoms with Crippen LogP contribution in [0.3, 0.4) is 0 Å². The molecule has 0 bridgehead atoms. The molecule has 0 aromatic heterocycles. The molecule has 0 aliphatic heterocycles. The van der Waals surface area contributed by atoms with Crippen LogP contribution in [0.25, 0.3) is 0 Å². The molecule has 0 fully saturated rings. The lowest BCUT2D eigenvalue weighted by molar-refractivity contribution is -0.132. The fourth-order valence-corrected chi connectivity index (χ4v) is 2.40. The molecule has 0 heterocycles. The first-order chi connectivity index (χ1) is 11.5. The second-order valence-corrected chi connectivity index (χ2v) is 5.69. The van der Waals surface area contributed by atoms with Crippen molar-refractivity contribution in [3.05, 3.63) is 76.6 Å². The van der Waals surface area contributed by atoms with Crippen LogP contribution in [0.2, 0.25) is 0 Å². The predicted octanol–water partition coefficient (Wildman–Crippen LogP) is 4.04. The van der Waals surface area contributed by atoms with Crippen LogP contribution >= 0.6 is 0 Å². The van der Waals surface area contributed by atoms with Gasteiger partial charge in [-0.25, -0.2) is 4.79 Å². The smallest absolute Gasteiger partial charge is 0.335 e. The number of aliphatic carboxylic acids is 1. The highest BCUT2D eigenvalue weighted by molar-refractivity contribution is 5.86. The summed E-state index contributed by atoms with van der Waals surface area (Å²) in [5.74, 6) is -0.141. The monoisotopic (exact) mass is 326 g/mol. The number of carboxylic acid groups (broad SMARTS) is 1. The van der Waals surface area contributed by atoms with Crippen molar-refractivity contribution in [1.82, 2.24) is 0 Å². The van der Waals surface area contributed by atoms with Gasteiger partial charge in [-0.1, -0.05) is 36.4 Å². The van der Waals surface area contributed by atoms with E-state index in [-0.39, 0.29) is 12.0 Å². The van der Waals surface area contributed by atoms with Crippen molar-refractivity contribution in [3.8, 4) is 5.75 Å². The van der Waals surface area contributed by atoms with Crippen molar-refractivity contribution in [2.24, 2.45) is 0 Å². The van der Waals surface area contributed by atoms with Gasteiger partial charge in [0.1, 0.15) is 12.4 Å². The molecule has 0 unspecified atom stereocenters. The minimum Gasteiger partial charge on any atom is -0.504 e. The second-order valence-electron chi connectivity index (χ2n) is 5.69. The van der Waals surface area contributed by atoms with Crippen LogP contribution in [0.5, 0.6) is 5.75 Å². The van der Waals surface area contributed by atoms with Crippen LogP contribution in [0.1, 0.15) is 22.3 Å². The zero-order chi connectivity index (χ0) is 17.5. The Labute approximate surface area is 142 Å². The van der Waals surface area contributed by atoms with Crippen molar-refractivity contribution in [1.29, 1.82) is 0 Å². The highest BCUT2D eigenvalue weighted by atomic mass is 16.5. The van der Waals surface area contributed by atoms with Crippen LogP contribution in [-0.2, 0) is 22.6 Å². The Morgan fingerprint density at radius 3 is 2.50 bits per heavy atom. The number of methoxy groups -OCH3 is 1. The van der Waals surface area contributed by atoms with E-state index >= 15 is 0 Å². The van der Waals surface area contributed by atoms with Gasteiger partial charge < -0.3 is 14.6 Å². The van der Waals surface area contributed by atoms with Crippen LogP contribution in [0.4, 0.5) is 0 Å². The van der Waals surface area contributed by atoms with Gasteiger partial charge in [-0.3, -0.25) is 0 Å². The van der Waals surface area contributed by atoms with E-state index in [4.69, 9.17) is 9.47 Å². The number of ether oxygens (including phenoxy) is 2. The van der Waals surface area contributed by atoms with E-state index in [1.807, 2.05) is 56.3 Å². The summed E-state index contributed by atoms with van der Waals surface area (Å²) >= 11 is 0. The van der Waals surface area contributed by atoms with Crippen molar-refractivity contribution in [2.75, 3.05) is 7.11 Å². The predicted molar refractivity (Wildman–Crippen MR) is 93.1 cm³/mol. The molecule has 0 spiro atoms. The van der Waals surface area contributed by atoms with Gasteiger partial charge in [0.15, 0.2) is 0 Å². The van der Waals surface area contributed by atoms with Gasteiger partial charge in [-0.15, -0.1) is 0 Å². The first-order valence-corrected chi connectivity index (χ1v) is 7.73. The van der Waals surface area contributed by atoms with Gasteiger partial charge in [0.05, 0.1) is 18.9 Å². The number of rotatable bonds is 7. The molecule has 0 radical (unpaired) electrons. The van der Waals surface area contributed by atoms with E-state index in [0.717, 1.165) is 28.0 Å². The average Bonchev–Trinajstić information content (AvgIpc) is 2.56. The fraction of sp³-hybridized carbons (Fsp3) is 0.250. The maximum atomic E-state index is 11.3. The number of carbonyl (C=O) groups is 1. The molecular weight excluding hydrogens is 304 g/mol. The zero-order valence-electron chi connectivity index (χ0n) is 14.2. The molecular formula is C20H22O4. The number of aryl methyl sites for hydroxylation is 2. The summed E-state index contributed by atoms with van der Waals surface area (Å²) in [6.07, 6.45) is 1.56. The molecule has 0 amide bonds. The van der Waals surface area contributed by atoms with Crippen molar-refractivity contribution in [3.63, 3.8) is 0 Å². The van der Waals surface area contributed by atoms with E-state index in [2.05, 4.69) is 0 Å². The summed E-state index contributed by atoms with van der Waals surface area (Å²) in [5, 5.41) is 9.25. The summed E-state index contributed by atoms with van der Waals surface area (Å²) in [6, 6.07) is 13.8. The summed E-state index contributed by atoms with van der Waals surface area (Å²) in [6.45, 7) is 4.42. The third-order valence-electron chi connectivity index (χ3n) is 3.76. The summed E-state index contributed by atoms with van der Waals surface area (Å²) in [5.41, 5.74) is 4.29. The van der Waals surface area contributed by atoms with E-state index in [1.165, 1.54) is 13.4 Å². The third-order valence-corrected chi connectivity index (χ3v) is 3.76. The average molecular weight is 326 g/mol. The standard InChI is InChI=1S/C20H22O4/c1-14-8-9-15(2)19(10-14)24-13-17-7-5-4-6-16(17)11-18(12-23-3)20(21)22/h4-10,12H,11,13H2,1-3H3,(H,21,22). The SMILES string of the molecule is COC=C(Cc1ccccc1COc1cc(C)ccc1C)C(=O)O. The summed E-state index contributed by atoms with van der Waals surface area (Å²) in [7, 11) is 1.44. The fourth-order valence-electron chi connectivity index (χ4n) is 2.40. The maximum absolute atomic E-state index is 11.3. The minimum atomic E-state index is -0.984. The number of benzene rings is 2. The van der Waals surface area contributed by atoms with Gasteiger partial charge in [-0.2, -0.15) is 0 Å². The normalized spacial score (nSPS) is 11.2. The van der Waals surface area contributed by atoms with Crippen LogP contribution in [0, 0.1) is 13.8 Å². The van der Waals surface area contributed by atoms with Crippen molar-refractivity contribution >= 4 is 5.97 Å². The molecule has 0 saturated heterocycles. The molecule has 4 nitrogen and oxygen atoms in total. The molecule has 4 heteroatoms. The quantitative estimate of drug-likeness (QED) is 0.616. The van der Waals surface area contributed by atoms with Gasteiger partial charge in [-0.05, 0) is 42.2 Å². The largest absolute Gasteiger partial charge is 0.504 e. The number of carboxylic acids is 1. The Bertz CT molecular complexity index is 747.